The summed E-state index contributed by atoms with van der Waals surface area (Å²) in [5.74, 6) is 2.14. The monoisotopic (exact) mass is 391 g/mol. The maximum Gasteiger partial charge on any atom is 0.258 e. The van der Waals surface area contributed by atoms with Crippen molar-refractivity contribution in [3.63, 3.8) is 0 Å². The lowest BCUT2D eigenvalue weighted by molar-refractivity contribution is -0.705. The Kier molecular flexibility index (Phi) is 15.4. The van der Waals surface area contributed by atoms with Crippen LogP contribution in [0.5, 0.6) is 0 Å². The van der Waals surface area contributed by atoms with E-state index in [1.54, 1.807) is 0 Å². The Morgan fingerprint density at radius 3 is 1.64 bits per heavy atom. The summed E-state index contributed by atoms with van der Waals surface area (Å²) >= 11 is 0. The zero-order valence-electron chi connectivity index (χ0n) is 19.9. The van der Waals surface area contributed by atoms with E-state index in [4.69, 9.17) is 0 Å². The number of rotatable bonds is 19. The Balaban J connectivity index is 2.24. The summed E-state index contributed by atoms with van der Waals surface area (Å²) in [6.45, 7) is 11.7. The van der Waals surface area contributed by atoms with Crippen LogP contribution in [-0.2, 0) is 13.1 Å². The summed E-state index contributed by atoms with van der Waals surface area (Å²) in [4.78, 5) is 0. The lowest BCUT2D eigenvalue weighted by Crippen LogP contribution is -2.38. The molecular weight excluding hydrogens is 340 g/mol. The topological polar surface area (TPSA) is 8.81 Å². The van der Waals surface area contributed by atoms with Gasteiger partial charge in [-0.15, -0.1) is 0 Å². The molecule has 0 aromatic carbocycles. The SMILES string of the molecule is CCCCCCCCCCn1cc[n+](CCCCCCCCCC)c1C(C)C. The molecule has 0 spiro atoms. The molecule has 0 saturated carbocycles. The highest BCUT2D eigenvalue weighted by Crippen LogP contribution is 2.14. The third-order valence-corrected chi connectivity index (χ3v) is 6.04. The summed E-state index contributed by atoms with van der Waals surface area (Å²) in [5, 5.41) is 0. The van der Waals surface area contributed by atoms with Crippen molar-refractivity contribution in [2.24, 2.45) is 0 Å². The van der Waals surface area contributed by atoms with E-state index in [1.807, 2.05) is 0 Å². The first-order valence-corrected chi connectivity index (χ1v) is 12.8. The average Bonchev–Trinajstić information content (AvgIpc) is 3.09. The highest BCUT2D eigenvalue weighted by molar-refractivity contribution is 4.89. The molecule has 28 heavy (non-hydrogen) atoms. The minimum absolute atomic E-state index is 0.609. The standard InChI is InChI=1S/C26H51N2/c1-5-7-9-11-13-15-17-19-21-27-23-24-28(26(27)25(3)4)22-20-18-16-14-12-10-8-6-2/h23-25H,5-22H2,1-4H3/q+1. The third-order valence-electron chi connectivity index (χ3n) is 6.04. The fraction of sp³-hybridized carbons (Fsp3) is 0.885. The van der Waals surface area contributed by atoms with Crippen LogP contribution in [0.1, 0.15) is 142 Å². The van der Waals surface area contributed by atoms with Gasteiger partial charge in [0.15, 0.2) is 0 Å². The van der Waals surface area contributed by atoms with Gasteiger partial charge in [0.1, 0.15) is 12.4 Å². The summed E-state index contributed by atoms with van der Waals surface area (Å²) in [5.41, 5.74) is 0. The quantitative estimate of drug-likeness (QED) is 0.166. The highest BCUT2D eigenvalue weighted by atomic mass is 15.1. The Bertz CT molecular complexity index is 423. The van der Waals surface area contributed by atoms with Gasteiger partial charge >= 0.3 is 0 Å². The molecule has 0 radical (unpaired) electrons. The molecule has 0 fully saturated rings. The number of hydrogen-bond donors (Lipinski definition) is 0. The van der Waals surface area contributed by atoms with Crippen LogP contribution < -0.4 is 4.57 Å². The summed E-state index contributed by atoms with van der Waals surface area (Å²) in [6, 6.07) is 0. The Morgan fingerprint density at radius 2 is 1.14 bits per heavy atom. The van der Waals surface area contributed by atoms with E-state index in [1.165, 1.54) is 122 Å². The van der Waals surface area contributed by atoms with Crippen LogP contribution in [0.25, 0.3) is 0 Å². The van der Waals surface area contributed by atoms with Crippen molar-refractivity contribution >= 4 is 0 Å². The summed E-state index contributed by atoms with van der Waals surface area (Å²) < 4.78 is 5.07. The van der Waals surface area contributed by atoms with Crippen LogP contribution in [0.4, 0.5) is 0 Å². The average molecular weight is 392 g/mol. The molecule has 0 saturated heterocycles. The van der Waals surface area contributed by atoms with Crippen molar-refractivity contribution in [1.82, 2.24) is 4.57 Å². The van der Waals surface area contributed by atoms with Crippen LogP contribution in [-0.4, -0.2) is 4.57 Å². The fourth-order valence-electron chi connectivity index (χ4n) is 4.35. The number of imidazole rings is 1. The lowest BCUT2D eigenvalue weighted by Gasteiger charge is -2.08. The highest BCUT2D eigenvalue weighted by Gasteiger charge is 2.19. The smallest absolute Gasteiger partial charge is 0.234 e. The van der Waals surface area contributed by atoms with E-state index < -0.39 is 0 Å². The molecule has 0 aliphatic heterocycles. The van der Waals surface area contributed by atoms with Crippen LogP contribution in [0.3, 0.4) is 0 Å². The van der Waals surface area contributed by atoms with E-state index in [9.17, 15) is 0 Å². The van der Waals surface area contributed by atoms with Crippen molar-refractivity contribution in [1.29, 1.82) is 0 Å². The maximum absolute atomic E-state index is 2.53. The molecule has 0 atom stereocenters. The number of hydrogen-bond acceptors (Lipinski definition) is 0. The molecule has 2 heteroatoms. The maximum atomic E-state index is 2.53. The van der Waals surface area contributed by atoms with Crippen LogP contribution in [0, 0.1) is 0 Å². The van der Waals surface area contributed by atoms with Gasteiger partial charge in [-0.05, 0) is 25.7 Å². The largest absolute Gasteiger partial charge is 0.258 e. The first kappa shape index (κ1) is 25.2. The zero-order valence-corrected chi connectivity index (χ0v) is 19.9. The van der Waals surface area contributed by atoms with Crippen molar-refractivity contribution in [2.45, 2.75) is 149 Å². The van der Waals surface area contributed by atoms with Crippen molar-refractivity contribution in [2.75, 3.05) is 0 Å². The van der Waals surface area contributed by atoms with E-state index in [-0.39, 0.29) is 0 Å². The van der Waals surface area contributed by atoms with Gasteiger partial charge in [0, 0.05) is 0 Å². The summed E-state index contributed by atoms with van der Waals surface area (Å²) in [7, 11) is 0. The second kappa shape index (κ2) is 17.1. The van der Waals surface area contributed by atoms with Gasteiger partial charge < -0.3 is 0 Å². The normalized spacial score (nSPS) is 11.6. The Hall–Kier alpha value is -0.790. The first-order valence-electron chi connectivity index (χ1n) is 12.8. The second-order valence-corrected chi connectivity index (χ2v) is 9.15. The summed E-state index contributed by atoms with van der Waals surface area (Å²) in [6.07, 6.45) is 27.1. The minimum Gasteiger partial charge on any atom is -0.234 e. The zero-order chi connectivity index (χ0) is 20.5. The molecule has 0 bridgehead atoms. The van der Waals surface area contributed by atoms with Crippen molar-refractivity contribution in [3.05, 3.63) is 18.2 Å². The molecule has 1 rings (SSSR count). The Morgan fingerprint density at radius 1 is 0.679 bits per heavy atom. The van der Waals surface area contributed by atoms with Crippen LogP contribution in [0.15, 0.2) is 12.4 Å². The molecule has 0 unspecified atom stereocenters. The molecule has 1 heterocycles. The van der Waals surface area contributed by atoms with Gasteiger partial charge in [-0.3, -0.25) is 0 Å². The van der Waals surface area contributed by atoms with Gasteiger partial charge in [0.25, 0.3) is 5.82 Å². The predicted molar refractivity (Wildman–Crippen MR) is 124 cm³/mol. The van der Waals surface area contributed by atoms with Gasteiger partial charge in [-0.25, -0.2) is 9.13 Å². The van der Waals surface area contributed by atoms with Gasteiger partial charge in [-0.1, -0.05) is 105 Å². The predicted octanol–water partition coefficient (Wildman–Crippen LogP) is 8.18. The van der Waals surface area contributed by atoms with E-state index in [2.05, 4.69) is 49.2 Å². The first-order chi connectivity index (χ1) is 13.7. The molecule has 0 amide bonds. The molecular formula is C26H51N2+. The van der Waals surface area contributed by atoms with E-state index >= 15 is 0 Å². The van der Waals surface area contributed by atoms with Crippen molar-refractivity contribution < 1.29 is 4.57 Å². The van der Waals surface area contributed by atoms with Crippen molar-refractivity contribution in [3.8, 4) is 0 Å². The molecule has 164 valence electrons. The molecule has 1 aromatic rings. The second-order valence-electron chi connectivity index (χ2n) is 9.15. The minimum atomic E-state index is 0.609. The van der Waals surface area contributed by atoms with Gasteiger partial charge in [-0.2, -0.15) is 0 Å². The molecule has 0 N–H and O–H groups in total. The Labute approximate surface area is 177 Å². The third kappa shape index (κ3) is 11.3. The number of nitrogens with zero attached hydrogens (tertiary/aromatic N) is 2. The molecule has 0 aliphatic rings. The number of unbranched alkanes of at least 4 members (excludes halogenated alkanes) is 14. The van der Waals surface area contributed by atoms with Crippen LogP contribution >= 0.6 is 0 Å². The molecule has 0 aliphatic carbocycles. The van der Waals surface area contributed by atoms with E-state index in [0.29, 0.717) is 5.92 Å². The van der Waals surface area contributed by atoms with Crippen LogP contribution in [0.2, 0.25) is 0 Å². The lowest BCUT2D eigenvalue weighted by atomic mass is 10.1. The van der Waals surface area contributed by atoms with E-state index in [0.717, 1.165) is 0 Å². The molecule has 2 nitrogen and oxygen atoms in total. The molecule has 1 aromatic heterocycles. The number of aromatic nitrogens is 2. The number of aryl methyl sites for hydroxylation is 2. The fourth-order valence-corrected chi connectivity index (χ4v) is 4.35. The van der Waals surface area contributed by atoms with Gasteiger partial charge in [0.2, 0.25) is 0 Å². The van der Waals surface area contributed by atoms with Gasteiger partial charge in [0.05, 0.1) is 19.0 Å².